The fourth-order valence-electron chi connectivity index (χ4n) is 4.02. The van der Waals surface area contributed by atoms with E-state index in [-0.39, 0.29) is 31.5 Å². The number of aromatic nitrogens is 3. The second-order valence-corrected chi connectivity index (χ2v) is 9.59. The number of amides is 2. The second kappa shape index (κ2) is 13.4. The summed E-state index contributed by atoms with van der Waals surface area (Å²) < 4.78 is 0. The number of hydrogen-bond donors (Lipinski definition) is 3. The van der Waals surface area contributed by atoms with Crippen molar-refractivity contribution in [2.24, 2.45) is 0 Å². The van der Waals surface area contributed by atoms with Crippen molar-refractivity contribution in [3.8, 4) is 11.3 Å². The van der Waals surface area contributed by atoms with Gasteiger partial charge in [-0.05, 0) is 74.6 Å². The van der Waals surface area contributed by atoms with E-state index < -0.39 is 0 Å². The molecule has 2 aromatic heterocycles. The van der Waals surface area contributed by atoms with Crippen LogP contribution in [0.4, 0.5) is 17.3 Å². The van der Waals surface area contributed by atoms with Crippen molar-refractivity contribution in [1.82, 2.24) is 24.8 Å². The maximum atomic E-state index is 13.0. The van der Waals surface area contributed by atoms with Crippen molar-refractivity contribution in [3.05, 3.63) is 95.9 Å². The number of carbonyl (C=O) groups is 2. The van der Waals surface area contributed by atoms with E-state index in [0.29, 0.717) is 23.7 Å². The molecule has 0 aliphatic carbocycles. The lowest BCUT2D eigenvalue weighted by atomic mass is 10.1. The van der Waals surface area contributed by atoms with E-state index >= 15 is 0 Å². The Hall–Kier alpha value is -4.67. The average Bonchev–Trinajstić information content (AvgIpc) is 2.95. The SMILES string of the molecule is Cc1ccc(NC(=O)c2ccc(CN(CCO)C(=O)CN(C)C)cc2)cc1Nc1nccc(-c2cccnc2)n1. The summed E-state index contributed by atoms with van der Waals surface area (Å²) in [6.45, 7) is 2.70. The van der Waals surface area contributed by atoms with Crippen molar-refractivity contribution in [1.29, 1.82) is 0 Å². The molecule has 2 heterocycles. The average molecular weight is 540 g/mol. The van der Waals surface area contributed by atoms with Gasteiger partial charge in [-0.2, -0.15) is 0 Å². The van der Waals surface area contributed by atoms with Gasteiger partial charge in [0.25, 0.3) is 5.91 Å². The van der Waals surface area contributed by atoms with Gasteiger partial charge >= 0.3 is 0 Å². The number of aryl methyl sites for hydroxylation is 1. The Balaban J connectivity index is 1.42. The molecule has 0 atom stereocenters. The quantitative estimate of drug-likeness (QED) is 0.264. The number of nitrogens with one attached hydrogen (secondary N) is 2. The third kappa shape index (κ3) is 7.68. The van der Waals surface area contributed by atoms with Crippen LogP contribution < -0.4 is 10.6 Å². The van der Waals surface area contributed by atoms with Crippen LogP contribution in [0.25, 0.3) is 11.3 Å². The molecule has 10 nitrogen and oxygen atoms in total. The Morgan fingerprint density at radius 2 is 1.80 bits per heavy atom. The largest absolute Gasteiger partial charge is 0.395 e. The molecule has 0 fully saturated rings. The van der Waals surface area contributed by atoms with E-state index in [0.717, 1.165) is 28.1 Å². The van der Waals surface area contributed by atoms with Crippen molar-refractivity contribution in [2.75, 3.05) is 44.4 Å². The smallest absolute Gasteiger partial charge is 0.255 e. The Morgan fingerprint density at radius 3 is 2.50 bits per heavy atom. The Labute approximate surface area is 233 Å². The molecule has 0 bridgehead atoms. The fourth-order valence-corrected chi connectivity index (χ4v) is 4.02. The standard InChI is InChI=1S/C30H33N7O3/c1-21-6-11-25(17-27(21)35-30-32-14-12-26(34-30)24-5-4-13-31-18-24)33-29(40)23-9-7-22(8-10-23)19-37(15-16-38)28(39)20-36(2)3/h4-14,17-18,38H,15-16,19-20H2,1-3H3,(H,33,40)(H,32,34,35). The van der Waals surface area contributed by atoms with Gasteiger partial charge in [0.1, 0.15) is 0 Å². The van der Waals surface area contributed by atoms with Crippen molar-refractivity contribution in [3.63, 3.8) is 0 Å². The molecule has 0 aliphatic rings. The summed E-state index contributed by atoms with van der Waals surface area (Å²) in [5, 5.41) is 15.5. The summed E-state index contributed by atoms with van der Waals surface area (Å²) >= 11 is 0. The molecule has 0 saturated carbocycles. The van der Waals surface area contributed by atoms with Crippen LogP contribution >= 0.6 is 0 Å². The van der Waals surface area contributed by atoms with E-state index in [9.17, 15) is 14.7 Å². The highest BCUT2D eigenvalue weighted by atomic mass is 16.3. The fraction of sp³-hybridized carbons (Fsp3) is 0.233. The summed E-state index contributed by atoms with van der Waals surface area (Å²) in [6, 6.07) is 18.3. The first-order valence-electron chi connectivity index (χ1n) is 12.9. The van der Waals surface area contributed by atoms with Gasteiger partial charge in [-0.25, -0.2) is 9.97 Å². The molecule has 0 saturated heterocycles. The van der Waals surface area contributed by atoms with Crippen LogP contribution in [-0.2, 0) is 11.3 Å². The molecule has 0 radical (unpaired) electrons. The van der Waals surface area contributed by atoms with Crippen molar-refractivity contribution in [2.45, 2.75) is 13.5 Å². The number of likely N-dealkylation sites (N-methyl/N-ethyl adjacent to an activating group) is 1. The van der Waals surface area contributed by atoms with Gasteiger partial charge in [0.15, 0.2) is 0 Å². The van der Waals surface area contributed by atoms with Crippen LogP contribution in [0, 0.1) is 6.92 Å². The van der Waals surface area contributed by atoms with Gasteiger partial charge in [-0.1, -0.05) is 18.2 Å². The van der Waals surface area contributed by atoms with Gasteiger partial charge < -0.3 is 25.5 Å². The third-order valence-electron chi connectivity index (χ3n) is 6.12. The van der Waals surface area contributed by atoms with Crippen molar-refractivity contribution >= 4 is 29.1 Å². The normalized spacial score (nSPS) is 10.8. The third-order valence-corrected chi connectivity index (χ3v) is 6.12. The van der Waals surface area contributed by atoms with Crippen LogP contribution in [-0.4, -0.2) is 75.5 Å². The first kappa shape index (κ1) is 28.3. The number of aliphatic hydroxyl groups excluding tert-OH is 1. The molecule has 40 heavy (non-hydrogen) atoms. The lowest BCUT2D eigenvalue weighted by molar-refractivity contribution is -0.133. The lowest BCUT2D eigenvalue weighted by Crippen LogP contribution is -2.39. The zero-order valence-electron chi connectivity index (χ0n) is 22.8. The monoisotopic (exact) mass is 539 g/mol. The summed E-state index contributed by atoms with van der Waals surface area (Å²) in [6.07, 6.45) is 5.14. The number of anilines is 3. The predicted molar refractivity (Wildman–Crippen MR) is 155 cm³/mol. The van der Waals surface area contributed by atoms with Crippen LogP contribution in [0.1, 0.15) is 21.5 Å². The Bertz CT molecular complexity index is 1440. The van der Waals surface area contributed by atoms with Gasteiger partial charge in [0, 0.05) is 54.2 Å². The molecule has 0 aliphatic heterocycles. The van der Waals surface area contributed by atoms with Gasteiger partial charge in [0.2, 0.25) is 11.9 Å². The summed E-state index contributed by atoms with van der Waals surface area (Å²) in [4.78, 5) is 41.9. The van der Waals surface area contributed by atoms with E-state index in [2.05, 4.69) is 25.6 Å². The summed E-state index contributed by atoms with van der Waals surface area (Å²) in [5.41, 5.74) is 5.34. The van der Waals surface area contributed by atoms with Crippen LogP contribution in [0.3, 0.4) is 0 Å². The predicted octanol–water partition coefficient (Wildman–Crippen LogP) is 3.73. The molecule has 206 valence electrons. The van der Waals surface area contributed by atoms with Crippen LogP contribution in [0.2, 0.25) is 0 Å². The van der Waals surface area contributed by atoms with E-state index in [1.54, 1.807) is 40.5 Å². The van der Waals surface area contributed by atoms with E-state index in [1.165, 1.54) is 0 Å². The van der Waals surface area contributed by atoms with Gasteiger partial charge in [0.05, 0.1) is 18.8 Å². The van der Waals surface area contributed by atoms with Crippen LogP contribution in [0.5, 0.6) is 0 Å². The van der Waals surface area contributed by atoms with E-state index in [1.807, 2.05) is 69.6 Å². The number of nitrogens with zero attached hydrogens (tertiary/aromatic N) is 5. The zero-order valence-corrected chi connectivity index (χ0v) is 22.8. The molecule has 4 aromatic rings. The molecule has 0 unspecified atom stereocenters. The number of benzene rings is 2. The summed E-state index contributed by atoms with van der Waals surface area (Å²) in [5.74, 6) is 0.105. The molecule has 0 spiro atoms. The Morgan fingerprint density at radius 1 is 1.00 bits per heavy atom. The molecule has 10 heteroatoms. The number of aliphatic hydroxyl groups is 1. The minimum Gasteiger partial charge on any atom is -0.395 e. The minimum absolute atomic E-state index is 0.0705. The highest BCUT2D eigenvalue weighted by Crippen LogP contribution is 2.24. The maximum absolute atomic E-state index is 13.0. The molecular weight excluding hydrogens is 506 g/mol. The molecule has 3 N–H and O–H groups in total. The maximum Gasteiger partial charge on any atom is 0.255 e. The number of hydrogen-bond acceptors (Lipinski definition) is 8. The van der Waals surface area contributed by atoms with Crippen molar-refractivity contribution < 1.29 is 14.7 Å². The molecule has 2 aromatic carbocycles. The molecular formula is C30H33N7O3. The lowest BCUT2D eigenvalue weighted by Gasteiger charge is -2.23. The number of rotatable bonds is 11. The summed E-state index contributed by atoms with van der Waals surface area (Å²) in [7, 11) is 3.65. The zero-order chi connectivity index (χ0) is 28.5. The first-order chi connectivity index (χ1) is 19.3. The van der Waals surface area contributed by atoms with E-state index in [4.69, 9.17) is 0 Å². The topological polar surface area (TPSA) is 124 Å². The number of pyridine rings is 1. The van der Waals surface area contributed by atoms with Gasteiger partial charge in [-0.15, -0.1) is 0 Å². The molecule has 4 rings (SSSR count). The molecule has 2 amide bonds. The highest BCUT2D eigenvalue weighted by molar-refractivity contribution is 6.04. The van der Waals surface area contributed by atoms with Crippen LogP contribution in [0.15, 0.2) is 79.3 Å². The second-order valence-electron chi connectivity index (χ2n) is 9.59. The highest BCUT2D eigenvalue weighted by Gasteiger charge is 2.15. The van der Waals surface area contributed by atoms with Gasteiger partial charge in [-0.3, -0.25) is 14.6 Å². The Kier molecular flexibility index (Phi) is 9.50. The minimum atomic E-state index is -0.257. The number of carbonyl (C=O) groups excluding carboxylic acids is 2. The first-order valence-corrected chi connectivity index (χ1v) is 12.9.